The quantitative estimate of drug-likeness (QED) is 0.511. The fraction of sp³-hybridized carbons (Fsp3) is 0.0870. The van der Waals surface area contributed by atoms with E-state index in [1.54, 1.807) is 26.4 Å². The lowest BCUT2D eigenvalue weighted by Gasteiger charge is -2.12. The fourth-order valence-corrected chi connectivity index (χ4v) is 3.07. The van der Waals surface area contributed by atoms with E-state index in [1.165, 1.54) is 0 Å². The average molecular weight is 373 g/mol. The van der Waals surface area contributed by atoms with E-state index in [0.717, 1.165) is 22.3 Å². The highest BCUT2D eigenvalue weighted by atomic mass is 16.5. The predicted molar refractivity (Wildman–Crippen MR) is 109 cm³/mol. The lowest BCUT2D eigenvalue weighted by atomic mass is 10.0. The highest BCUT2D eigenvalue weighted by Gasteiger charge is 2.14. The Morgan fingerprint density at radius 2 is 1.68 bits per heavy atom. The number of carbonyl (C=O) groups is 1. The zero-order valence-corrected chi connectivity index (χ0v) is 15.6. The van der Waals surface area contributed by atoms with Gasteiger partial charge >= 0.3 is 0 Å². The summed E-state index contributed by atoms with van der Waals surface area (Å²) in [5.41, 5.74) is 3.16. The molecule has 4 rings (SSSR count). The monoisotopic (exact) mass is 373 g/mol. The second kappa shape index (κ2) is 7.48. The maximum atomic E-state index is 12.6. The van der Waals surface area contributed by atoms with Gasteiger partial charge in [-0.3, -0.25) is 4.79 Å². The van der Waals surface area contributed by atoms with Crippen LogP contribution >= 0.6 is 0 Å². The Bertz CT molecular complexity index is 1100. The number of furan rings is 1. The summed E-state index contributed by atoms with van der Waals surface area (Å²) < 4.78 is 16.3. The van der Waals surface area contributed by atoms with Crippen molar-refractivity contribution in [1.82, 2.24) is 0 Å². The molecule has 1 amide bonds. The van der Waals surface area contributed by atoms with Crippen LogP contribution in [0.5, 0.6) is 11.5 Å². The molecule has 0 atom stereocenters. The summed E-state index contributed by atoms with van der Waals surface area (Å²) in [6, 6.07) is 22.4. The van der Waals surface area contributed by atoms with Crippen molar-refractivity contribution in [1.29, 1.82) is 0 Å². The molecule has 0 spiro atoms. The number of benzene rings is 3. The molecule has 0 radical (unpaired) electrons. The molecule has 4 aromatic rings. The van der Waals surface area contributed by atoms with E-state index >= 15 is 0 Å². The van der Waals surface area contributed by atoms with E-state index < -0.39 is 0 Å². The van der Waals surface area contributed by atoms with Gasteiger partial charge in [0.2, 0.25) is 0 Å². The van der Waals surface area contributed by atoms with Gasteiger partial charge in [-0.25, -0.2) is 0 Å². The largest absolute Gasteiger partial charge is 0.497 e. The fourth-order valence-electron chi connectivity index (χ4n) is 3.07. The number of nitrogens with one attached hydrogen (secondary N) is 1. The normalized spacial score (nSPS) is 10.6. The molecule has 0 aliphatic heterocycles. The van der Waals surface area contributed by atoms with E-state index in [9.17, 15) is 4.79 Å². The summed E-state index contributed by atoms with van der Waals surface area (Å²) >= 11 is 0. The molecule has 0 aliphatic carbocycles. The van der Waals surface area contributed by atoms with Crippen LogP contribution in [0, 0.1) is 0 Å². The topological polar surface area (TPSA) is 60.7 Å². The van der Waals surface area contributed by atoms with Crippen molar-refractivity contribution in [3.8, 4) is 22.6 Å². The van der Waals surface area contributed by atoms with Gasteiger partial charge in [0.25, 0.3) is 5.91 Å². The summed E-state index contributed by atoms with van der Waals surface area (Å²) in [6.45, 7) is 0. The van der Waals surface area contributed by atoms with Gasteiger partial charge in [0, 0.05) is 16.6 Å². The Kier molecular flexibility index (Phi) is 4.72. The highest BCUT2D eigenvalue weighted by molar-refractivity contribution is 6.05. The van der Waals surface area contributed by atoms with Gasteiger partial charge in [-0.1, -0.05) is 30.3 Å². The van der Waals surface area contributed by atoms with E-state index in [2.05, 4.69) is 5.32 Å². The smallest absolute Gasteiger partial charge is 0.291 e. The van der Waals surface area contributed by atoms with Crippen molar-refractivity contribution in [3.63, 3.8) is 0 Å². The van der Waals surface area contributed by atoms with Gasteiger partial charge < -0.3 is 19.2 Å². The van der Waals surface area contributed by atoms with Crippen molar-refractivity contribution >= 4 is 22.6 Å². The Morgan fingerprint density at radius 3 is 2.39 bits per heavy atom. The van der Waals surface area contributed by atoms with Gasteiger partial charge in [-0.05, 0) is 48.0 Å². The summed E-state index contributed by atoms with van der Waals surface area (Å²) in [5.74, 6) is 1.45. The van der Waals surface area contributed by atoms with Crippen LogP contribution in [0.15, 0.2) is 77.2 Å². The summed E-state index contributed by atoms with van der Waals surface area (Å²) in [6.07, 6.45) is 0. The molecule has 0 bridgehead atoms. The summed E-state index contributed by atoms with van der Waals surface area (Å²) in [7, 11) is 3.25. The third-order valence-electron chi connectivity index (χ3n) is 4.51. The summed E-state index contributed by atoms with van der Waals surface area (Å²) in [5, 5.41) is 3.78. The molecule has 1 N–H and O–H groups in total. The lowest BCUT2D eigenvalue weighted by Crippen LogP contribution is -2.10. The molecule has 140 valence electrons. The second-order valence-corrected chi connectivity index (χ2v) is 6.25. The number of anilines is 1. The number of carbonyl (C=O) groups excluding carboxylic acids is 1. The zero-order chi connectivity index (χ0) is 19.5. The van der Waals surface area contributed by atoms with E-state index in [0.29, 0.717) is 17.0 Å². The van der Waals surface area contributed by atoms with Crippen LogP contribution in [-0.4, -0.2) is 20.1 Å². The molecule has 0 fully saturated rings. The number of ether oxygens (including phenoxy) is 2. The maximum absolute atomic E-state index is 12.6. The first-order valence-corrected chi connectivity index (χ1v) is 8.80. The average Bonchev–Trinajstić information content (AvgIpc) is 3.18. The molecule has 1 heterocycles. The van der Waals surface area contributed by atoms with E-state index in [1.807, 2.05) is 60.7 Å². The van der Waals surface area contributed by atoms with Crippen LogP contribution in [0.1, 0.15) is 10.6 Å². The van der Waals surface area contributed by atoms with Crippen molar-refractivity contribution in [3.05, 3.63) is 78.6 Å². The van der Waals surface area contributed by atoms with Crippen LogP contribution in [0.4, 0.5) is 5.69 Å². The van der Waals surface area contributed by atoms with E-state index in [4.69, 9.17) is 13.9 Å². The molecule has 28 heavy (non-hydrogen) atoms. The van der Waals surface area contributed by atoms with Crippen LogP contribution in [0.2, 0.25) is 0 Å². The number of amides is 1. The van der Waals surface area contributed by atoms with Crippen LogP contribution in [0.3, 0.4) is 0 Å². The third kappa shape index (κ3) is 3.42. The van der Waals surface area contributed by atoms with Gasteiger partial charge in [0.15, 0.2) is 5.76 Å². The van der Waals surface area contributed by atoms with Gasteiger partial charge in [-0.2, -0.15) is 0 Å². The Balaban J connectivity index is 1.63. The lowest BCUT2D eigenvalue weighted by molar-refractivity contribution is 0.0998. The first-order chi connectivity index (χ1) is 13.7. The van der Waals surface area contributed by atoms with Crippen molar-refractivity contribution < 1.29 is 18.7 Å². The molecule has 0 unspecified atom stereocenters. The molecule has 0 saturated carbocycles. The number of fused-ring (bicyclic) bond motifs is 1. The molecule has 5 nitrogen and oxygen atoms in total. The molecule has 0 saturated heterocycles. The number of rotatable bonds is 5. The molecule has 1 aromatic heterocycles. The van der Waals surface area contributed by atoms with Gasteiger partial charge in [0.05, 0.1) is 14.2 Å². The molecule has 5 heteroatoms. The van der Waals surface area contributed by atoms with Gasteiger partial charge in [0.1, 0.15) is 17.1 Å². The van der Waals surface area contributed by atoms with Crippen LogP contribution < -0.4 is 14.8 Å². The number of hydrogen-bond donors (Lipinski definition) is 1. The minimum absolute atomic E-state index is 0.267. The highest BCUT2D eigenvalue weighted by Crippen LogP contribution is 2.33. The third-order valence-corrected chi connectivity index (χ3v) is 4.51. The maximum Gasteiger partial charge on any atom is 0.291 e. The van der Waals surface area contributed by atoms with Gasteiger partial charge in [-0.15, -0.1) is 0 Å². The van der Waals surface area contributed by atoms with Crippen molar-refractivity contribution in [2.24, 2.45) is 0 Å². The number of methoxy groups -OCH3 is 2. The van der Waals surface area contributed by atoms with Crippen molar-refractivity contribution in [2.75, 3.05) is 19.5 Å². The first-order valence-electron chi connectivity index (χ1n) is 8.80. The molecule has 0 aliphatic rings. The van der Waals surface area contributed by atoms with Crippen LogP contribution in [-0.2, 0) is 0 Å². The predicted octanol–water partition coefficient (Wildman–Crippen LogP) is 5.37. The SMILES string of the molecule is COc1ccc(-c2cc(NC(=O)c3cc4ccccc4o3)ccc2OC)cc1. The Hall–Kier alpha value is -3.73. The Labute approximate surface area is 162 Å². The van der Waals surface area contributed by atoms with Crippen LogP contribution in [0.25, 0.3) is 22.1 Å². The number of para-hydroxylation sites is 1. The van der Waals surface area contributed by atoms with Crippen molar-refractivity contribution in [2.45, 2.75) is 0 Å². The van der Waals surface area contributed by atoms with E-state index in [-0.39, 0.29) is 11.7 Å². The zero-order valence-electron chi connectivity index (χ0n) is 15.6. The second-order valence-electron chi connectivity index (χ2n) is 6.25. The molecule has 3 aromatic carbocycles. The molecular formula is C23H19NO4. The standard InChI is InChI=1S/C23H19NO4/c1-26-18-10-7-15(8-11-18)19-14-17(9-12-21(19)27-2)24-23(25)22-13-16-5-3-4-6-20(16)28-22/h3-14H,1-2H3,(H,24,25). The minimum Gasteiger partial charge on any atom is -0.497 e. The Morgan fingerprint density at radius 1 is 0.893 bits per heavy atom. The molecular weight excluding hydrogens is 354 g/mol. The minimum atomic E-state index is -0.304. The summed E-state index contributed by atoms with van der Waals surface area (Å²) in [4.78, 5) is 12.6. The first kappa shape index (κ1) is 17.7. The number of hydrogen-bond acceptors (Lipinski definition) is 4.